The summed E-state index contributed by atoms with van der Waals surface area (Å²) >= 11 is 3.28. The average molecular weight is 884 g/mol. The van der Waals surface area contributed by atoms with Crippen molar-refractivity contribution in [3.05, 3.63) is 84.6 Å². The molecule has 0 bridgehead atoms. The number of ketones is 1. The van der Waals surface area contributed by atoms with Crippen LogP contribution in [0.1, 0.15) is 53.4 Å². The minimum Gasteiger partial charge on any atom is -0.511 e. The number of hydrogen-bond acceptors (Lipinski definition) is 6. The molecule has 3 aromatic carbocycles. The number of rotatable bonds is 9. The van der Waals surface area contributed by atoms with E-state index in [1.54, 1.807) is 22.7 Å². The molecule has 5 aromatic rings. The van der Waals surface area contributed by atoms with E-state index in [0.717, 1.165) is 58.5 Å². The molecular formula is C35H33F6IrN2O2S2-. The Kier molecular flexibility index (Phi) is 12.8. The van der Waals surface area contributed by atoms with Crippen LogP contribution < -0.4 is 0 Å². The molecule has 2 aromatic heterocycles. The number of carbonyl (C=O) groups is 1. The van der Waals surface area contributed by atoms with Crippen molar-refractivity contribution in [2.75, 3.05) is 0 Å². The third-order valence-corrected chi connectivity index (χ3v) is 10.8. The third-order valence-electron chi connectivity index (χ3n) is 8.66. The molecule has 0 saturated carbocycles. The van der Waals surface area contributed by atoms with Gasteiger partial charge in [0.25, 0.3) is 0 Å². The van der Waals surface area contributed by atoms with Crippen LogP contribution in [0.3, 0.4) is 0 Å². The SMILES string of the molecule is CCC(CC)(C(=O)/C=C(\O)C(CC)(CC)C(F)(F)F)C(F)(F)F.[Ir].[c-]1ccc2ccccc2c1-c1nc2sc(-c3ccccc3)nc2s1. The van der Waals surface area contributed by atoms with Crippen LogP contribution in [-0.4, -0.2) is 33.2 Å². The number of benzene rings is 3. The molecule has 5 rings (SSSR count). The van der Waals surface area contributed by atoms with Crippen molar-refractivity contribution in [2.45, 2.75) is 65.7 Å². The number of alkyl halides is 6. The van der Waals surface area contributed by atoms with Crippen molar-refractivity contribution in [3.8, 4) is 21.1 Å². The minimum atomic E-state index is -4.91. The number of halogens is 6. The first-order valence-corrected chi connectivity index (χ1v) is 16.6. The smallest absolute Gasteiger partial charge is 0.401 e. The Bertz CT molecular complexity index is 1820. The number of aliphatic hydroxyl groups excluding tert-OH is 1. The molecule has 48 heavy (non-hydrogen) atoms. The molecule has 13 heteroatoms. The van der Waals surface area contributed by atoms with Gasteiger partial charge in [-0.2, -0.15) is 26.3 Å². The normalized spacial score (nSPS) is 12.8. The molecular weight excluding hydrogens is 851 g/mol. The number of carbonyl (C=O) groups excluding carboxylic acids is 1. The number of hydrogen-bond donors (Lipinski definition) is 1. The largest absolute Gasteiger partial charge is 0.511 e. The maximum Gasteiger partial charge on any atom is 0.401 e. The van der Waals surface area contributed by atoms with Crippen LogP contribution in [-0.2, 0) is 24.9 Å². The number of nitrogens with zero attached hydrogens (tertiary/aromatic N) is 2. The quantitative estimate of drug-likeness (QED) is 0.0693. The molecule has 0 aliphatic rings. The number of aromatic nitrogens is 2. The molecule has 0 atom stereocenters. The van der Waals surface area contributed by atoms with Crippen LogP contribution in [0.15, 0.2) is 78.6 Å². The van der Waals surface area contributed by atoms with Gasteiger partial charge in [0.05, 0.1) is 0 Å². The van der Waals surface area contributed by atoms with E-state index in [2.05, 4.69) is 48.5 Å². The monoisotopic (exact) mass is 884 g/mol. The van der Waals surface area contributed by atoms with Gasteiger partial charge in [-0.25, -0.2) is 4.98 Å². The van der Waals surface area contributed by atoms with E-state index in [9.17, 15) is 36.2 Å². The van der Waals surface area contributed by atoms with Crippen LogP contribution >= 0.6 is 22.7 Å². The van der Waals surface area contributed by atoms with Crippen LogP contribution in [0.4, 0.5) is 26.3 Å². The topological polar surface area (TPSA) is 63.1 Å². The summed E-state index contributed by atoms with van der Waals surface area (Å²) in [5, 5.41) is 14.2. The maximum atomic E-state index is 13.2. The fourth-order valence-electron chi connectivity index (χ4n) is 5.49. The maximum absolute atomic E-state index is 13.2. The molecule has 0 amide bonds. The Morgan fingerprint density at radius 2 is 1.25 bits per heavy atom. The summed E-state index contributed by atoms with van der Waals surface area (Å²) in [6.45, 7) is 4.58. The van der Waals surface area contributed by atoms with Crippen molar-refractivity contribution in [1.82, 2.24) is 9.97 Å². The van der Waals surface area contributed by atoms with Gasteiger partial charge < -0.3 is 5.11 Å². The second-order valence-corrected chi connectivity index (χ2v) is 12.9. The van der Waals surface area contributed by atoms with Crippen molar-refractivity contribution < 1.29 is 56.3 Å². The molecule has 0 aliphatic carbocycles. The van der Waals surface area contributed by atoms with E-state index in [4.69, 9.17) is 9.97 Å². The molecule has 2 heterocycles. The summed E-state index contributed by atoms with van der Waals surface area (Å²) in [6, 6.07) is 26.0. The van der Waals surface area contributed by atoms with E-state index in [0.29, 0.717) is 0 Å². The van der Waals surface area contributed by atoms with Crippen LogP contribution in [0.2, 0.25) is 0 Å². The van der Waals surface area contributed by atoms with Crippen LogP contribution in [0, 0.1) is 16.9 Å². The zero-order chi connectivity index (χ0) is 34.6. The summed E-state index contributed by atoms with van der Waals surface area (Å²) in [5.74, 6) is -2.92. The molecule has 0 fully saturated rings. The molecule has 0 saturated heterocycles. The Morgan fingerprint density at radius 3 is 1.79 bits per heavy atom. The van der Waals surface area contributed by atoms with E-state index in [-0.39, 0.29) is 26.2 Å². The molecule has 0 aliphatic heterocycles. The van der Waals surface area contributed by atoms with Gasteiger partial charge in [-0.3, -0.25) is 9.78 Å². The zero-order valence-electron chi connectivity index (χ0n) is 26.4. The van der Waals surface area contributed by atoms with Crippen molar-refractivity contribution >= 4 is 48.9 Å². The Balaban J connectivity index is 0.000000256. The molecule has 259 valence electrons. The molecule has 1 N–H and O–H groups in total. The van der Waals surface area contributed by atoms with E-state index < -0.39 is 60.4 Å². The summed E-state index contributed by atoms with van der Waals surface area (Å²) in [6.07, 6.45) is -12.1. The fraction of sp³-hybridized carbons (Fsp3) is 0.343. The van der Waals surface area contributed by atoms with Gasteiger partial charge in [0.1, 0.15) is 31.3 Å². The van der Waals surface area contributed by atoms with Gasteiger partial charge in [-0.05, 0) is 25.7 Å². The first kappa shape index (κ1) is 39.3. The number of fused-ring (bicyclic) bond motifs is 2. The van der Waals surface area contributed by atoms with Crippen LogP contribution in [0.25, 0.3) is 41.6 Å². The van der Waals surface area contributed by atoms with E-state index in [1.165, 1.54) is 10.8 Å². The van der Waals surface area contributed by atoms with Gasteiger partial charge >= 0.3 is 12.4 Å². The third kappa shape index (κ3) is 7.54. The fourth-order valence-corrected chi connectivity index (χ4v) is 7.56. The summed E-state index contributed by atoms with van der Waals surface area (Å²) < 4.78 is 79.4. The molecule has 0 spiro atoms. The van der Waals surface area contributed by atoms with Crippen LogP contribution in [0.5, 0.6) is 0 Å². The molecule has 4 nitrogen and oxygen atoms in total. The van der Waals surface area contributed by atoms with Crippen molar-refractivity contribution in [1.29, 1.82) is 0 Å². The van der Waals surface area contributed by atoms with Gasteiger partial charge in [0.2, 0.25) is 0 Å². The van der Waals surface area contributed by atoms with Gasteiger partial charge in [0.15, 0.2) is 5.78 Å². The second kappa shape index (κ2) is 15.6. The van der Waals surface area contributed by atoms with Gasteiger partial charge in [-0.1, -0.05) is 99.0 Å². The molecule has 0 unspecified atom stereocenters. The first-order valence-electron chi connectivity index (χ1n) is 15.0. The predicted octanol–water partition coefficient (Wildman–Crippen LogP) is 11.8. The molecule has 1 radical (unpaired) electrons. The average Bonchev–Trinajstić information content (AvgIpc) is 3.62. The van der Waals surface area contributed by atoms with Crippen molar-refractivity contribution in [2.24, 2.45) is 10.8 Å². The van der Waals surface area contributed by atoms with Gasteiger partial charge in [-0.15, -0.1) is 40.5 Å². The summed E-state index contributed by atoms with van der Waals surface area (Å²) in [7, 11) is 0. The summed E-state index contributed by atoms with van der Waals surface area (Å²) in [5.41, 5.74) is -3.31. The minimum absolute atomic E-state index is 0. The second-order valence-electron chi connectivity index (χ2n) is 10.9. The predicted molar refractivity (Wildman–Crippen MR) is 176 cm³/mol. The Morgan fingerprint density at radius 1 is 0.750 bits per heavy atom. The number of aliphatic hydroxyl groups is 1. The van der Waals surface area contributed by atoms with E-state index >= 15 is 0 Å². The number of thiazole rings is 2. The Hall–Kier alpha value is -3.12. The number of allylic oxidation sites excluding steroid dienone is 2. The van der Waals surface area contributed by atoms with Crippen molar-refractivity contribution in [3.63, 3.8) is 0 Å². The summed E-state index contributed by atoms with van der Waals surface area (Å²) in [4.78, 5) is 23.6. The first-order chi connectivity index (χ1) is 22.2. The van der Waals surface area contributed by atoms with E-state index in [1.807, 2.05) is 24.3 Å². The zero-order valence-corrected chi connectivity index (χ0v) is 30.5. The van der Waals surface area contributed by atoms with Gasteiger partial charge in [0, 0.05) is 36.8 Å². The standard InChI is InChI=1S/C20H11N2S2.C15H22F6O2.Ir/c1-2-8-14(9-3-1)17-21-19-20(23-17)22-18(24-19)16-12-6-10-13-7-4-5-11-15(13)16;1-5-12(6-2,14(16,17)18)10(22)9-11(23)13(7-3,8-4)15(19,20)21;/h1-11H;9,22H,5-8H2,1-4H3;/q-1;;/b;10-9-;. The Labute approximate surface area is 296 Å².